The van der Waals surface area contributed by atoms with Crippen LogP contribution in [0.15, 0.2) is 36.9 Å². The molecular weight excluding hydrogens is 248 g/mol. The summed E-state index contributed by atoms with van der Waals surface area (Å²) in [7, 11) is 2.20. The number of nitrogens with one attached hydrogen (secondary N) is 1. The zero-order chi connectivity index (χ0) is 14.4. The Morgan fingerprint density at radius 2 is 2.15 bits per heavy atom. The second kappa shape index (κ2) is 7.46. The minimum atomic E-state index is 0.560. The zero-order valence-electron chi connectivity index (χ0n) is 12.6. The molecule has 3 nitrogen and oxygen atoms in total. The van der Waals surface area contributed by atoms with Crippen LogP contribution in [0.25, 0.3) is 0 Å². The Bertz CT molecular complexity index is 416. The van der Waals surface area contributed by atoms with Crippen LogP contribution in [-0.4, -0.2) is 37.7 Å². The van der Waals surface area contributed by atoms with Gasteiger partial charge in [-0.15, -0.1) is 0 Å². The lowest BCUT2D eigenvalue weighted by Crippen LogP contribution is -2.46. The highest BCUT2D eigenvalue weighted by atomic mass is 16.5. The number of nitrogens with zero attached hydrogens (tertiary/aromatic N) is 1. The van der Waals surface area contributed by atoms with E-state index in [1.165, 1.54) is 25.1 Å². The molecule has 1 aromatic rings. The first-order chi connectivity index (χ1) is 9.69. The van der Waals surface area contributed by atoms with Crippen molar-refractivity contribution in [1.82, 2.24) is 10.2 Å². The van der Waals surface area contributed by atoms with Gasteiger partial charge in [-0.25, -0.2) is 0 Å². The monoisotopic (exact) mass is 274 g/mol. The third-order valence-corrected chi connectivity index (χ3v) is 3.97. The highest BCUT2D eigenvalue weighted by Crippen LogP contribution is 2.17. The normalized spacial score (nSPS) is 23.5. The number of ether oxygens (including phenoxy) is 1. The van der Waals surface area contributed by atoms with Crippen molar-refractivity contribution in [2.75, 3.05) is 26.7 Å². The largest absolute Gasteiger partial charge is 0.490 e. The van der Waals surface area contributed by atoms with Crippen molar-refractivity contribution in [3.05, 3.63) is 42.5 Å². The molecule has 2 rings (SSSR count). The van der Waals surface area contributed by atoms with Gasteiger partial charge < -0.3 is 15.0 Å². The van der Waals surface area contributed by atoms with Crippen LogP contribution in [0.2, 0.25) is 0 Å². The fourth-order valence-corrected chi connectivity index (χ4v) is 2.77. The van der Waals surface area contributed by atoms with Gasteiger partial charge in [0.15, 0.2) is 0 Å². The molecule has 0 aliphatic carbocycles. The van der Waals surface area contributed by atoms with E-state index in [1.807, 2.05) is 12.1 Å². The van der Waals surface area contributed by atoms with Crippen molar-refractivity contribution >= 4 is 0 Å². The summed E-state index contributed by atoms with van der Waals surface area (Å²) in [5, 5.41) is 3.69. The molecule has 1 aromatic carbocycles. The van der Waals surface area contributed by atoms with Gasteiger partial charge in [0, 0.05) is 19.1 Å². The number of hydrogen-bond donors (Lipinski definition) is 1. The first-order valence-corrected chi connectivity index (χ1v) is 7.43. The van der Waals surface area contributed by atoms with Crippen LogP contribution in [0.4, 0.5) is 0 Å². The summed E-state index contributed by atoms with van der Waals surface area (Å²) in [6.07, 6.45) is 3.00. The molecule has 0 spiro atoms. The molecule has 1 fully saturated rings. The second-order valence-corrected chi connectivity index (χ2v) is 5.76. The summed E-state index contributed by atoms with van der Waals surface area (Å²) < 4.78 is 5.49. The maximum absolute atomic E-state index is 5.49. The molecule has 1 N–H and O–H groups in total. The van der Waals surface area contributed by atoms with Gasteiger partial charge in [0.25, 0.3) is 0 Å². The third kappa shape index (κ3) is 4.36. The van der Waals surface area contributed by atoms with Crippen LogP contribution in [0.1, 0.15) is 18.9 Å². The van der Waals surface area contributed by atoms with Crippen molar-refractivity contribution in [2.24, 2.45) is 5.92 Å². The van der Waals surface area contributed by atoms with Crippen molar-refractivity contribution < 1.29 is 4.74 Å². The van der Waals surface area contributed by atoms with Crippen molar-refractivity contribution in [2.45, 2.75) is 25.9 Å². The van der Waals surface area contributed by atoms with Crippen LogP contribution < -0.4 is 10.1 Å². The SMILES string of the molecule is C=CCOc1ccc(CNC2CCN(C)CC2C)cc1. The van der Waals surface area contributed by atoms with E-state index < -0.39 is 0 Å². The van der Waals surface area contributed by atoms with Crippen LogP contribution in [-0.2, 0) is 6.54 Å². The van der Waals surface area contributed by atoms with Gasteiger partial charge in [-0.05, 0) is 43.6 Å². The smallest absolute Gasteiger partial charge is 0.119 e. The zero-order valence-corrected chi connectivity index (χ0v) is 12.6. The molecule has 0 radical (unpaired) electrons. The molecule has 0 amide bonds. The molecule has 20 heavy (non-hydrogen) atoms. The lowest BCUT2D eigenvalue weighted by molar-refractivity contribution is 0.174. The number of benzene rings is 1. The summed E-state index contributed by atoms with van der Waals surface area (Å²) in [6, 6.07) is 8.94. The van der Waals surface area contributed by atoms with E-state index >= 15 is 0 Å². The van der Waals surface area contributed by atoms with E-state index in [0.29, 0.717) is 18.6 Å². The lowest BCUT2D eigenvalue weighted by Gasteiger charge is -2.35. The van der Waals surface area contributed by atoms with Gasteiger partial charge in [-0.2, -0.15) is 0 Å². The second-order valence-electron chi connectivity index (χ2n) is 5.76. The van der Waals surface area contributed by atoms with Crippen molar-refractivity contribution in [1.29, 1.82) is 0 Å². The topological polar surface area (TPSA) is 24.5 Å². The number of likely N-dealkylation sites (tertiary alicyclic amines) is 1. The summed E-state index contributed by atoms with van der Waals surface area (Å²) >= 11 is 0. The first-order valence-electron chi connectivity index (χ1n) is 7.43. The standard InChI is InChI=1S/C17H26N2O/c1-4-11-20-16-7-5-15(6-8-16)12-18-17-9-10-19(3)13-14(17)2/h4-8,14,17-18H,1,9-13H2,2-3H3. The van der Waals surface area contributed by atoms with Gasteiger partial charge in [0.05, 0.1) is 0 Å². The Balaban J connectivity index is 1.80. The summed E-state index contributed by atoms with van der Waals surface area (Å²) in [5.74, 6) is 1.62. The molecule has 2 atom stereocenters. The van der Waals surface area contributed by atoms with E-state index in [4.69, 9.17) is 4.74 Å². The van der Waals surface area contributed by atoms with E-state index in [1.54, 1.807) is 6.08 Å². The molecule has 110 valence electrons. The maximum atomic E-state index is 5.49. The number of rotatable bonds is 6. The highest BCUT2D eigenvalue weighted by Gasteiger charge is 2.23. The Hall–Kier alpha value is -1.32. The maximum Gasteiger partial charge on any atom is 0.119 e. The van der Waals surface area contributed by atoms with Crippen molar-refractivity contribution in [3.63, 3.8) is 0 Å². The predicted octanol–water partition coefficient (Wildman–Crippen LogP) is 2.68. The number of piperidine rings is 1. The molecule has 3 heteroatoms. The minimum absolute atomic E-state index is 0.560. The van der Waals surface area contributed by atoms with Crippen molar-refractivity contribution in [3.8, 4) is 5.75 Å². The van der Waals surface area contributed by atoms with Crippen LogP contribution >= 0.6 is 0 Å². The predicted molar refractivity (Wildman–Crippen MR) is 84.0 cm³/mol. The molecule has 1 aliphatic heterocycles. The molecule has 0 bridgehead atoms. The van der Waals surface area contributed by atoms with Crippen LogP contribution in [0.5, 0.6) is 5.75 Å². The minimum Gasteiger partial charge on any atom is -0.490 e. The Labute approximate surface area is 122 Å². The fourth-order valence-electron chi connectivity index (χ4n) is 2.77. The third-order valence-electron chi connectivity index (χ3n) is 3.97. The Kier molecular flexibility index (Phi) is 5.62. The summed E-state index contributed by atoms with van der Waals surface area (Å²) in [4.78, 5) is 2.41. The Morgan fingerprint density at radius 1 is 1.40 bits per heavy atom. The molecule has 0 saturated carbocycles. The molecule has 2 unspecified atom stereocenters. The number of hydrogen-bond acceptors (Lipinski definition) is 3. The quantitative estimate of drug-likeness (QED) is 0.807. The fraction of sp³-hybridized carbons (Fsp3) is 0.529. The molecular formula is C17H26N2O. The van der Waals surface area contributed by atoms with Gasteiger partial charge in [-0.3, -0.25) is 0 Å². The van der Waals surface area contributed by atoms with Gasteiger partial charge >= 0.3 is 0 Å². The highest BCUT2D eigenvalue weighted by molar-refractivity contribution is 5.27. The molecule has 0 aromatic heterocycles. The molecule has 1 heterocycles. The van der Waals surface area contributed by atoms with E-state index in [0.717, 1.165) is 12.3 Å². The van der Waals surface area contributed by atoms with Crippen LogP contribution in [0.3, 0.4) is 0 Å². The Morgan fingerprint density at radius 3 is 2.80 bits per heavy atom. The van der Waals surface area contributed by atoms with Gasteiger partial charge in [0.1, 0.15) is 12.4 Å². The first kappa shape index (κ1) is 15.1. The lowest BCUT2D eigenvalue weighted by atomic mass is 9.94. The van der Waals surface area contributed by atoms with Gasteiger partial charge in [0.2, 0.25) is 0 Å². The van der Waals surface area contributed by atoms with Gasteiger partial charge in [-0.1, -0.05) is 31.7 Å². The van der Waals surface area contributed by atoms with Crippen LogP contribution in [0, 0.1) is 5.92 Å². The summed E-state index contributed by atoms with van der Waals surface area (Å²) in [6.45, 7) is 9.85. The average Bonchev–Trinajstić information content (AvgIpc) is 2.45. The summed E-state index contributed by atoms with van der Waals surface area (Å²) in [5.41, 5.74) is 1.31. The van der Waals surface area contributed by atoms with E-state index in [-0.39, 0.29) is 0 Å². The molecule has 1 aliphatic rings. The average molecular weight is 274 g/mol. The molecule has 1 saturated heterocycles. The van der Waals surface area contributed by atoms with E-state index in [2.05, 4.69) is 42.9 Å². The van der Waals surface area contributed by atoms with E-state index in [9.17, 15) is 0 Å².